The fourth-order valence-electron chi connectivity index (χ4n) is 1.51. The molecule has 0 atom stereocenters. The zero-order chi connectivity index (χ0) is 12.3. The molecule has 0 unspecified atom stereocenters. The molecule has 0 saturated carbocycles. The normalized spacial score (nSPS) is 16.4. The number of ether oxygens (including phenoxy) is 1. The molecule has 16 heavy (non-hydrogen) atoms. The van der Waals surface area contributed by atoms with Gasteiger partial charge >= 0.3 is 5.97 Å². The summed E-state index contributed by atoms with van der Waals surface area (Å²) < 4.78 is 4.55. The number of methoxy groups -OCH3 is 1. The summed E-state index contributed by atoms with van der Waals surface area (Å²) in [6, 6.07) is 0. The highest BCUT2D eigenvalue weighted by Gasteiger charge is 2.29. The highest BCUT2D eigenvalue weighted by atomic mass is 16.5. The first-order valence-corrected chi connectivity index (χ1v) is 5.12. The van der Waals surface area contributed by atoms with E-state index >= 15 is 0 Å². The largest absolute Gasteiger partial charge is 0.469 e. The molecule has 0 saturated heterocycles. The predicted molar refractivity (Wildman–Crippen MR) is 58.6 cm³/mol. The Morgan fingerprint density at radius 2 is 2.25 bits per heavy atom. The molecule has 2 N–H and O–H groups in total. The molecule has 0 bridgehead atoms. The summed E-state index contributed by atoms with van der Waals surface area (Å²) in [5.74, 6) is -0.255. The fourth-order valence-corrected chi connectivity index (χ4v) is 1.51. The van der Waals surface area contributed by atoms with Gasteiger partial charge in [0, 0.05) is 19.8 Å². The summed E-state index contributed by atoms with van der Waals surface area (Å²) in [6.07, 6.45) is 2.08. The van der Waals surface area contributed by atoms with Crippen LogP contribution in [0, 0.1) is 0 Å². The summed E-state index contributed by atoms with van der Waals surface area (Å²) in [7, 11) is 3.17. The summed E-state index contributed by atoms with van der Waals surface area (Å²) in [5.41, 5.74) is 2.83. The topological polar surface area (TPSA) is 65.0 Å². The van der Waals surface area contributed by atoms with Crippen LogP contribution < -0.4 is 5.53 Å². The number of aliphatic hydroxyl groups is 1. The van der Waals surface area contributed by atoms with E-state index in [1.807, 2.05) is 7.05 Å². The van der Waals surface area contributed by atoms with Crippen molar-refractivity contribution in [2.45, 2.75) is 25.9 Å². The van der Waals surface area contributed by atoms with Gasteiger partial charge in [-0.15, -0.1) is 5.53 Å². The van der Waals surface area contributed by atoms with Crippen molar-refractivity contribution in [3.05, 3.63) is 11.9 Å². The van der Waals surface area contributed by atoms with Gasteiger partial charge in [-0.25, -0.2) is 0 Å². The predicted octanol–water partition coefficient (Wildman–Crippen LogP) is -0.171. The minimum atomic E-state index is -0.915. The molecule has 0 aromatic heterocycles. The van der Waals surface area contributed by atoms with E-state index in [4.69, 9.17) is 0 Å². The van der Waals surface area contributed by atoms with Crippen LogP contribution in [-0.2, 0) is 9.53 Å². The Kier molecular flexibility index (Phi) is 3.77. The molecule has 0 amide bonds. The van der Waals surface area contributed by atoms with Crippen molar-refractivity contribution in [1.82, 2.24) is 15.6 Å². The number of rotatable bonds is 4. The summed E-state index contributed by atoms with van der Waals surface area (Å²) in [5, 5.41) is 13.3. The van der Waals surface area contributed by atoms with E-state index in [1.165, 1.54) is 7.11 Å². The van der Waals surface area contributed by atoms with Crippen molar-refractivity contribution >= 4 is 5.97 Å². The number of nitrogens with one attached hydrogen (secondary N) is 1. The molecule has 92 valence electrons. The number of hydrazine groups is 2. The molecule has 1 heterocycles. The first-order valence-electron chi connectivity index (χ1n) is 5.12. The number of nitrogens with zero attached hydrogens (tertiary/aromatic N) is 2. The lowest BCUT2D eigenvalue weighted by Gasteiger charge is -2.25. The number of carbonyl (C=O) groups excluding carboxylic acids is 1. The zero-order valence-electron chi connectivity index (χ0n) is 10.1. The van der Waals surface area contributed by atoms with Crippen LogP contribution in [0.2, 0.25) is 0 Å². The van der Waals surface area contributed by atoms with Crippen LogP contribution in [0.25, 0.3) is 0 Å². The van der Waals surface area contributed by atoms with Gasteiger partial charge in [-0.05, 0) is 13.8 Å². The van der Waals surface area contributed by atoms with E-state index in [2.05, 4.69) is 10.3 Å². The monoisotopic (exact) mass is 229 g/mol. The van der Waals surface area contributed by atoms with Gasteiger partial charge in [-0.2, -0.15) is 0 Å². The number of likely N-dealkylation sites (N-methyl/N-ethyl adjacent to an activating group) is 1. The molecule has 1 rings (SSSR count). The SMILES string of the molecule is COC(=O)CCN1C=C(C(C)(C)O)N(C)N1. The zero-order valence-corrected chi connectivity index (χ0v) is 10.1. The maximum absolute atomic E-state index is 11.0. The maximum atomic E-state index is 11.0. The Hall–Kier alpha value is -1.27. The molecule has 1 aliphatic rings. The Labute approximate surface area is 95.4 Å². The third-order valence-corrected chi connectivity index (χ3v) is 2.33. The highest BCUT2D eigenvalue weighted by Crippen LogP contribution is 2.21. The third kappa shape index (κ3) is 3.11. The van der Waals surface area contributed by atoms with Gasteiger partial charge < -0.3 is 9.84 Å². The molecule has 0 aromatic carbocycles. The lowest BCUT2D eigenvalue weighted by atomic mass is 10.1. The van der Waals surface area contributed by atoms with Crippen LogP contribution in [0.3, 0.4) is 0 Å². The molecule has 6 heteroatoms. The Morgan fingerprint density at radius 1 is 1.62 bits per heavy atom. The minimum absolute atomic E-state index is 0.255. The van der Waals surface area contributed by atoms with E-state index in [9.17, 15) is 9.90 Å². The molecule has 0 spiro atoms. The van der Waals surface area contributed by atoms with E-state index in [1.54, 1.807) is 30.1 Å². The van der Waals surface area contributed by atoms with E-state index in [-0.39, 0.29) is 5.97 Å². The van der Waals surface area contributed by atoms with Gasteiger partial charge in [0.15, 0.2) is 0 Å². The van der Waals surface area contributed by atoms with Gasteiger partial charge in [0.1, 0.15) is 5.60 Å². The van der Waals surface area contributed by atoms with Crippen molar-refractivity contribution in [3.8, 4) is 0 Å². The quantitative estimate of drug-likeness (QED) is 0.652. The lowest BCUT2D eigenvalue weighted by Crippen LogP contribution is -2.41. The van der Waals surface area contributed by atoms with Crippen molar-refractivity contribution < 1.29 is 14.6 Å². The highest BCUT2D eigenvalue weighted by molar-refractivity contribution is 5.69. The summed E-state index contributed by atoms with van der Waals surface area (Å²) in [4.78, 5) is 11.0. The molecule has 0 aliphatic carbocycles. The number of hydrogen-bond donors (Lipinski definition) is 2. The summed E-state index contributed by atoms with van der Waals surface area (Å²) >= 11 is 0. The third-order valence-electron chi connectivity index (χ3n) is 2.33. The second kappa shape index (κ2) is 4.71. The van der Waals surface area contributed by atoms with Gasteiger partial charge in [-0.3, -0.25) is 14.8 Å². The average molecular weight is 229 g/mol. The van der Waals surface area contributed by atoms with Crippen molar-refractivity contribution in [1.29, 1.82) is 0 Å². The van der Waals surface area contributed by atoms with Crippen LogP contribution >= 0.6 is 0 Å². The van der Waals surface area contributed by atoms with Gasteiger partial charge in [0.2, 0.25) is 0 Å². The molecule has 0 fully saturated rings. The smallest absolute Gasteiger partial charge is 0.307 e. The number of hydrogen-bond acceptors (Lipinski definition) is 6. The van der Waals surface area contributed by atoms with Crippen LogP contribution in [0.5, 0.6) is 0 Å². The standard InChI is InChI=1S/C10H19N3O3/c1-10(2,15)8-7-13(11-12(8)3)6-5-9(14)16-4/h7,11,15H,5-6H2,1-4H3. The van der Waals surface area contributed by atoms with E-state index in [0.717, 1.165) is 5.70 Å². The molecular weight excluding hydrogens is 210 g/mol. The number of carbonyl (C=O) groups is 1. The molecule has 0 radical (unpaired) electrons. The van der Waals surface area contributed by atoms with Crippen LogP contribution in [0.15, 0.2) is 11.9 Å². The van der Waals surface area contributed by atoms with Crippen molar-refractivity contribution in [2.24, 2.45) is 0 Å². The second-order valence-electron chi connectivity index (χ2n) is 4.25. The van der Waals surface area contributed by atoms with Crippen molar-refractivity contribution in [2.75, 3.05) is 20.7 Å². The molecule has 6 nitrogen and oxygen atoms in total. The van der Waals surface area contributed by atoms with Gasteiger partial charge in [-0.1, -0.05) is 0 Å². The first-order chi connectivity index (χ1) is 7.34. The second-order valence-corrected chi connectivity index (χ2v) is 4.25. The Bertz CT molecular complexity index is 296. The van der Waals surface area contributed by atoms with Gasteiger partial charge in [0.25, 0.3) is 0 Å². The summed E-state index contributed by atoms with van der Waals surface area (Å²) in [6.45, 7) is 3.91. The fraction of sp³-hybridized carbons (Fsp3) is 0.700. The average Bonchev–Trinajstić information content (AvgIpc) is 2.55. The van der Waals surface area contributed by atoms with Crippen LogP contribution in [0.1, 0.15) is 20.3 Å². The Balaban J connectivity index is 2.54. The van der Waals surface area contributed by atoms with E-state index in [0.29, 0.717) is 13.0 Å². The van der Waals surface area contributed by atoms with Gasteiger partial charge in [0.05, 0.1) is 19.2 Å². The van der Waals surface area contributed by atoms with Crippen molar-refractivity contribution in [3.63, 3.8) is 0 Å². The number of esters is 1. The maximum Gasteiger partial charge on any atom is 0.307 e. The first kappa shape index (κ1) is 12.8. The van der Waals surface area contributed by atoms with Crippen LogP contribution in [-0.4, -0.2) is 47.4 Å². The Morgan fingerprint density at radius 3 is 2.69 bits per heavy atom. The molecule has 1 aliphatic heterocycles. The van der Waals surface area contributed by atoms with E-state index < -0.39 is 5.60 Å². The molecule has 0 aromatic rings. The minimum Gasteiger partial charge on any atom is -0.469 e. The lowest BCUT2D eigenvalue weighted by molar-refractivity contribution is -0.141. The van der Waals surface area contributed by atoms with Crippen LogP contribution in [0.4, 0.5) is 0 Å². The molecular formula is C10H19N3O3.